The molecule has 2 heteroatoms. The number of hydrogen-bond donors (Lipinski definition) is 1. The Kier molecular flexibility index (Phi) is 4.74. The fraction of sp³-hybridized carbons (Fsp3) is 0.667. The summed E-state index contributed by atoms with van der Waals surface area (Å²) in [5.41, 5.74) is 7.94. The summed E-state index contributed by atoms with van der Waals surface area (Å²) in [6.45, 7) is 9.17. The molecule has 1 fully saturated rings. The molecule has 2 nitrogen and oxygen atoms in total. The molecule has 0 saturated heterocycles. The smallest absolute Gasteiger partial charge is 0.120 e. The highest BCUT2D eigenvalue weighted by molar-refractivity contribution is 5.31. The van der Waals surface area contributed by atoms with Crippen LogP contribution in [-0.4, -0.2) is 6.10 Å². The lowest BCUT2D eigenvalue weighted by Gasteiger charge is -2.25. The fourth-order valence-electron chi connectivity index (χ4n) is 2.90. The summed E-state index contributed by atoms with van der Waals surface area (Å²) < 4.78 is 5.85. The monoisotopic (exact) mass is 275 g/mol. The average Bonchev–Trinajstić information content (AvgIpc) is 3.10. The highest BCUT2D eigenvalue weighted by atomic mass is 16.5. The Labute approximate surface area is 123 Å². The minimum atomic E-state index is 0.107. The van der Waals surface area contributed by atoms with E-state index in [1.54, 1.807) is 0 Å². The summed E-state index contributed by atoms with van der Waals surface area (Å²) in [5.74, 6) is 1.61. The largest absolute Gasteiger partial charge is 0.490 e. The Morgan fingerprint density at radius 1 is 1.30 bits per heavy atom. The maximum Gasteiger partial charge on any atom is 0.120 e. The Bertz CT molecular complexity index is 431. The first kappa shape index (κ1) is 15.4. The minimum absolute atomic E-state index is 0.107. The number of ether oxygens (including phenoxy) is 1. The molecule has 1 aromatic carbocycles. The van der Waals surface area contributed by atoms with Crippen LogP contribution in [0.2, 0.25) is 0 Å². The second-order valence-corrected chi connectivity index (χ2v) is 7.60. The molecule has 1 aliphatic rings. The van der Waals surface area contributed by atoms with Gasteiger partial charge in [-0.2, -0.15) is 0 Å². The third-order valence-corrected chi connectivity index (χ3v) is 3.73. The second kappa shape index (κ2) is 6.17. The van der Waals surface area contributed by atoms with E-state index in [4.69, 9.17) is 10.5 Å². The lowest BCUT2D eigenvalue weighted by molar-refractivity contribution is 0.285. The van der Waals surface area contributed by atoms with Gasteiger partial charge >= 0.3 is 0 Å². The lowest BCUT2D eigenvalue weighted by Crippen LogP contribution is -2.18. The molecule has 2 atom stereocenters. The van der Waals surface area contributed by atoms with Crippen molar-refractivity contribution >= 4 is 0 Å². The molecule has 0 aromatic heterocycles. The van der Waals surface area contributed by atoms with Crippen molar-refractivity contribution in [2.75, 3.05) is 0 Å². The van der Waals surface area contributed by atoms with Gasteiger partial charge in [0.15, 0.2) is 0 Å². The van der Waals surface area contributed by atoms with Crippen LogP contribution in [0.3, 0.4) is 0 Å². The van der Waals surface area contributed by atoms with Crippen LogP contribution in [0.5, 0.6) is 5.75 Å². The molecule has 2 unspecified atom stereocenters. The molecule has 0 spiro atoms. The van der Waals surface area contributed by atoms with Gasteiger partial charge < -0.3 is 10.5 Å². The summed E-state index contributed by atoms with van der Waals surface area (Å²) in [7, 11) is 0. The maximum atomic E-state index is 6.37. The number of rotatable bonds is 6. The van der Waals surface area contributed by atoms with Gasteiger partial charge in [-0.25, -0.2) is 0 Å². The fourth-order valence-corrected chi connectivity index (χ4v) is 2.90. The Morgan fingerprint density at radius 3 is 2.60 bits per heavy atom. The average molecular weight is 275 g/mol. The Balaban J connectivity index is 1.92. The van der Waals surface area contributed by atoms with Crippen molar-refractivity contribution in [2.24, 2.45) is 17.1 Å². The zero-order valence-electron chi connectivity index (χ0n) is 13.4. The normalized spacial score (nSPS) is 18.6. The van der Waals surface area contributed by atoms with E-state index in [1.165, 1.54) is 24.8 Å². The van der Waals surface area contributed by atoms with Crippen molar-refractivity contribution in [3.8, 4) is 5.75 Å². The molecular weight excluding hydrogens is 246 g/mol. The first-order valence-electron chi connectivity index (χ1n) is 7.86. The molecule has 0 aliphatic heterocycles. The Hall–Kier alpha value is -1.02. The molecule has 0 heterocycles. The number of benzene rings is 1. The van der Waals surface area contributed by atoms with Crippen molar-refractivity contribution in [1.29, 1.82) is 0 Å². The number of nitrogens with two attached hydrogens (primary N) is 1. The van der Waals surface area contributed by atoms with Crippen LogP contribution in [0.1, 0.15) is 65.0 Å². The van der Waals surface area contributed by atoms with Gasteiger partial charge in [0.1, 0.15) is 5.75 Å². The van der Waals surface area contributed by atoms with Gasteiger partial charge in [0.25, 0.3) is 0 Å². The lowest BCUT2D eigenvalue weighted by atomic mass is 9.82. The molecule has 1 aromatic rings. The zero-order chi connectivity index (χ0) is 14.8. The predicted molar refractivity (Wildman–Crippen MR) is 84.9 cm³/mol. The highest BCUT2D eigenvalue weighted by Crippen LogP contribution is 2.31. The predicted octanol–water partition coefficient (Wildman–Crippen LogP) is 4.69. The molecule has 2 rings (SSSR count). The summed E-state index contributed by atoms with van der Waals surface area (Å²) in [4.78, 5) is 0. The minimum Gasteiger partial charge on any atom is -0.490 e. The van der Waals surface area contributed by atoms with Crippen molar-refractivity contribution in [3.05, 3.63) is 29.8 Å². The Morgan fingerprint density at radius 2 is 2.00 bits per heavy atom. The molecular formula is C18H29NO. The summed E-state index contributed by atoms with van der Waals surface area (Å²) in [6, 6.07) is 8.44. The van der Waals surface area contributed by atoms with Crippen LogP contribution in [0.15, 0.2) is 24.3 Å². The van der Waals surface area contributed by atoms with Gasteiger partial charge in [-0.15, -0.1) is 0 Å². The molecule has 20 heavy (non-hydrogen) atoms. The van der Waals surface area contributed by atoms with E-state index in [9.17, 15) is 0 Å². The molecule has 0 bridgehead atoms. The van der Waals surface area contributed by atoms with Crippen LogP contribution < -0.4 is 10.5 Å². The van der Waals surface area contributed by atoms with Crippen LogP contribution in [0.25, 0.3) is 0 Å². The van der Waals surface area contributed by atoms with Crippen molar-refractivity contribution < 1.29 is 4.74 Å². The van der Waals surface area contributed by atoms with Gasteiger partial charge in [-0.1, -0.05) is 39.8 Å². The molecule has 1 saturated carbocycles. The quantitative estimate of drug-likeness (QED) is 0.817. The third-order valence-electron chi connectivity index (χ3n) is 3.73. The number of hydrogen-bond acceptors (Lipinski definition) is 2. The van der Waals surface area contributed by atoms with Crippen molar-refractivity contribution in [1.82, 2.24) is 0 Å². The van der Waals surface area contributed by atoms with E-state index in [-0.39, 0.29) is 6.04 Å². The molecule has 112 valence electrons. The van der Waals surface area contributed by atoms with E-state index in [0.29, 0.717) is 17.4 Å². The van der Waals surface area contributed by atoms with Gasteiger partial charge in [0.2, 0.25) is 0 Å². The van der Waals surface area contributed by atoms with E-state index >= 15 is 0 Å². The topological polar surface area (TPSA) is 35.2 Å². The summed E-state index contributed by atoms with van der Waals surface area (Å²) in [5, 5.41) is 0. The summed E-state index contributed by atoms with van der Waals surface area (Å²) >= 11 is 0. The van der Waals surface area contributed by atoms with Crippen molar-refractivity contribution in [2.45, 2.75) is 65.5 Å². The SMILES string of the molecule is CC(CC(N)c1cccc(OC2CC2)c1)CC(C)(C)C. The van der Waals surface area contributed by atoms with E-state index in [0.717, 1.165) is 12.2 Å². The highest BCUT2D eigenvalue weighted by Gasteiger charge is 2.24. The molecule has 0 amide bonds. The van der Waals surface area contributed by atoms with Crippen LogP contribution in [-0.2, 0) is 0 Å². The van der Waals surface area contributed by atoms with Gasteiger partial charge in [-0.05, 0) is 54.7 Å². The first-order valence-corrected chi connectivity index (χ1v) is 7.86. The van der Waals surface area contributed by atoms with Gasteiger partial charge in [-0.3, -0.25) is 0 Å². The standard InChI is InChI=1S/C18H29NO/c1-13(12-18(2,3)4)10-17(19)14-6-5-7-16(11-14)20-15-8-9-15/h5-7,11,13,15,17H,8-10,12,19H2,1-4H3. The first-order chi connectivity index (χ1) is 9.33. The molecule has 2 N–H and O–H groups in total. The summed E-state index contributed by atoms with van der Waals surface area (Å²) in [6.07, 6.45) is 5.07. The van der Waals surface area contributed by atoms with E-state index in [2.05, 4.69) is 45.9 Å². The van der Waals surface area contributed by atoms with Crippen molar-refractivity contribution in [3.63, 3.8) is 0 Å². The van der Waals surface area contributed by atoms with E-state index < -0.39 is 0 Å². The third kappa shape index (κ3) is 5.16. The van der Waals surface area contributed by atoms with Crippen LogP contribution >= 0.6 is 0 Å². The van der Waals surface area contributed by atoms with Gasteiger partial charge in [0.05, 0.1) is 6.10 Å². The second-order valence-electron chi connectivity index (χ2n) is 7.60. The molecule has 1 aliphatic carbocycles. The maximum absolute atomic E-state index is 6.37. The zero-order valence-corrected chi connectivity index (χ0v) is 13.4. The van der Waals surface area contributed by atoms with Gasteiger partial charge in [0, 0.05) is 6.04 Å². The molecule has 0 radical (unpaired) electrons. The van der Waals surface area contributed by atoms with E-state index in [1.807, 2.05) is 6.07 Å². The van der Waals surface area contributed by atoms with Crippen LogP contribution in [0.4, 0.5) is 0 Å². The van der Waals surface area contributed by atoms with Crippen LogP contribution in [0, 0.1) is 11.3 Å².